The van der Waals surface area contributed by atoms with E-state index in [-0.39, 0.29) is 40.2 Å². The number of benzene rings is 3. The number of aliphatic carboxylic acids is 1. The molecule has 0 saturated carbocycles. The molecule has 3 aromatic rings. The molecule has 1 unspecified atom stereocenters. The number of carboxylic acids is 1. The standard InChI is InChI=1S/C29H22O8/c1-29(37-28(34)21-15-9-4-10-16-21)18-22(25(30)31)17-23(35-26(32)19-11-5-2-6-12-19)24(29)36-27(33)20-13-7-3-8-14-20/h2-17H,18H2,1H3,(H,30,31). The molecule has 37 heavy (non-hydrogen) atoms. The Labute approximate surface area is 212 Å². The van der Waals surface area contributed by atoms with Gasteiger partial charge in [0.2, 0.25) is 0 Å². The van der Waals surface area contributed by atoms with Crippen LogP contribution in [-0.4, -0.2) is 34.6 Å². The molecule has 186 valence electrons. The number of esters is 3. The minimum atomic E-state index is -1.80. The van der Waals surface area contributed by atoms with Crippen LogP contribution in [0, 0.1) is 0 Å². The Bertz CT molecular complexity index is 1390. The lowest BCUT2D eigenvalue weighted by Crippen LogP contribution is -2.40. The summed E-state index contributed by atoms with van der Waals surface area (Å²) >= 11 is 0. The van der Waals surface area contributed by atoms with E-state index in [1.807, 2.05) is 0 Å². The fraction of sp³-hybridized carbons (Fsp3) is 0.103. The quantitative estimate of drug-likeness (QED) is 0.360. The minimum Gasteiger partial charge on any atom is -0.478 e. The SMILES string of the molecule is CC1(OC(=O)c2ccccc2)CC(C(=O)O)=CC(OC(=O)c2ccccc2)=C1OC(=O)c1ccccc1. The van der Waals surface area contributed by atoms with E-state index in [9.17, 15) is 24.3 Å². The highest BCUT2D eigenvalue weighted by atomic mass is 16.6. The fourth-order valence-corrected chi connectivity index (χ4v) is 3.73. The summed E-state index contributed by atoms with van der Waals surface area (Å²) in [5.41, 5.74) is -1.44. The number of rotatable bonds is 7. The molecule has 0 aromatic heterocycles. The monoisotopic (exact) mass is 498 g/mol. The molecule has 8 heteroatoms. The first-order valence-electron chi connectivity index (χ1n) is 11.3. The number of allylic oxidation sites excluding steroid dienone is 1. The molecule has 8 nitrogen and oxygen atoms in total. The number of carbonyl (C=O) groups excluding carboxylic acids is 3. The van der Waals surface area contributed by atoms with Gasteiger partial charge in [0.25, 0.3) is 0 Å². The zero-order chi connectivity index (χ0) is 26.4. The molecule has 0 heterocycles. The van der Waals surface area contributed by atoms with Gasteiger partial charge in [0.1, 0.15) is 0 Å². The van der Waals surface area contributed by atoms with Crippen molar-refractivity contribution in [2.75, 3.05) is 0 Å². The van der Waals surface area contributed by atoms with Crippen LogP contribution in [0.1, 0.15) is 44.4 Å². The van der Waals surface area contributed by atoms with Crippen LogP contribution in [0.25, 0.3) is 0 Å². The lowest BCUT2D eigenvalue weighted by atomic mass is 9.88. The summed E-state index contributed by atoms with van der Waals surface area (Å²) in [7, 11) is 0. The van der Waals surface area contributed by atoms with Gasteiger partial charge in [-0.1, -0.05) is 54.6 Å². The van der Waals surface area contributed by atoms with E-state index in [0.29, 0.717) is 0 Å². The van der Waals surface area contributed by atoms with Crippen molar-refractivity contribution in [2.45, 2.75) is 18.9 Å². The Kier molecular flexibility index (Phi) is 7.29. The first-order valence-corrected chi connectivity index (χ1v) is 11.3. The number of carbonyl (C=O) groups is 4. The van der Waals surface area contributed by atoms with Gasteiger partial charge < -0.3 is 19.3 Å². The van der Waals surface area contributed by atoms with E-state index in [1.54, 1.807) is 54.6 Å². The topological polar surface area (TPSA) is 116 Å². The maximum absolute atomic E-state index is 13.0. The van der Waals surface area contributed by atoms with Gasteiger partial charge in [0.15, 0.2) is 17.1 Å². The summed E-state index contributed by atoms with van der Waals surface area (Å²) in [4.78, 5) is 50.8. The lowest BCUT2D eigenvalue weighted by Gasteiger charge is -2.34. The average Bonchev–Trinajstić information content (AvgIpc) is 2.91. The second-order valence-electron chi connectivity index (χ2n) is 8.34. The molecule has 0 spiro atoms. The highest BCUT2D eigenvalue weighted by molar-refractivity contribution is 5.94. The third-order valence-electron chi connectivity index (χ3n) is 5.56. The molecule has 0 aliphatic heterocycles. The van der Waals surface area contributed by atoms with Crippen molar-refractivity contribution in [3.8, 4) is 0 Å². The second kappa shape index (κ2) is 10.7. The van der Waals surface area contributed by atoms with E-state index < -0.39 is 29.5 Å². The third-order valence-corrected chi connectivity index (χ3v) is 5.56. The van der Waals surface area contributed by atoms with Crippen LogP contribution >= 0.6 is 0 Å². The van der Waals surface area contributed by atoms with Crippen LogP contribution in [0.2, 0.25) is 0 Å². The van der Waals surface area contributed by atoms with Crippen LogP contribution < -0.4 is 0 Å². The van der Waals surface area contributed by atoms with Gasteiger partial charge in [-0.15, -0.1) is 0 Å². The largest absolute Gasteiger partial charge is 0.478 e. The smallest absolute Gasteiger partial charge is 0.343 e. The molecule has 1 aliphatic carbocycles. The van der Waals surface area contributed by atoms with E-state index in [1.165, 1.54) is 43.3 Å². The van der Waals surface area contributed by atoms with E-state index in [4.69, 9.17) is 14.2 Å². The van der Waals surface area contributed by atoms with Gasteiger partial charge in [-0.05, 0) is 49.4 Å². The highest BCUT2D eigenvalue weighted by Crippen LogP contribution is 2.39. The number of hydrogen-bond donors (Lipinski definition) is 1. The van der Waals surface area contributed by atoms with Crippen LogP contribution in [0.15, 0.2) is 114 Å². The Balaban J connectivity index is 1.79. The molecule has 3 aromatic carbocycles. The predicted octanol–water partition coefficient (Wildman–Crippen LogP) is 4.94. The van der Waals surface area contributed by atoms with E-state index in [0.717, 1.165) is 6.08 Å². The predicted molar refractivity (Wildman–Crippen MR) is 131 cm³/mol. The molecule has 1 atom stereocenters. The van der Waals surface area contributed by atoms with Gasteiger partial charge >= 0.3 is 23.9 Å². The van der Waals surface area contributed by atoms with Crippen LogP contribution in [0.5, 0.6) is 0 Å². The van der Waals surface area contributed by atoms with Crippen molar-refractivity contribution < 1.29 is 38.5 Å². The Morgan fingerprint density at radius 2 is 1.11 bits per heavy atom. The Morgan fingerprint density at radius 3 is 1.57 bits per heavy atom. The molecule has 0 radical (unpaired) electrons. The van der Waals surface area contributed by atoms with Gasteiger partial charge in [0.05, 0.1) is 16.7 Å². The summed E-state index contributed by atoms with van der Waals surface area (Å²) in [6, 6.07) is 24.1. The van der Waals surface area contributed by atoms with E-state index >= 15 is 0 Å². The van der Waals surface area contributed by atoms with Crippen molar-refractivity contribution in [3.05, 3.63) is 131 Å². The molecular formula is C29H22O8. The molecule has 1 aliphatic rings. The van der Waals surface area contributed by atoms with Crippen LogP contribution in [0.4, 0.5) is 0 Å². The maximum atomic E-state index is 13.0. The first kappa shape index (κ1) is 25.1. The molecule has 0 fully saturated rings. The van der Waals surface area contributed by atoms with Crippen molar-refractivity contribution in [2.24, 2.45) is 0 Å². The molecule has 0 bridgehead atoms. The molecule has 0 amide bonds. The second-order valence-corrected chi connectivity index (χ2v) is 8.34. The van der Waals surface area contributed by atoms with Crippen molar-refractivity contribution in [1.82, 2.24) is 0 Å². The van der Waals surface area contributed by atoms with Gasteiger partial charge in [-0.3, -0.25) is 0 Å². The van der Waals surface area contributed by atoms with Gasteiger partial charge in [0, 0.05) is 12.0 Å². The zero-order valence-corrected chi connectivity index (χ0v) is 19.7. The molecule has 0 saturated heterocycles. The van der Waals surface area contributed by atoms with E-state index in [2.05, 4.69) is 0 Å². The van der Waals surface area contributed by atoms with Crippen molar-refractivity contribution >= 4 is 23.9 Å². The normalized spacial score (nSPS) is 16.8. The zero-order valence-electron chi connectivity index (χ0n) is 19.7. The minimum absolute atomic E-state index is 0.183. The Hall–Kier alpha value is -4.98. The van der Waals surface area contributed by atoms with Gasteiger partial charge in [-0.25, -0.2) is 19.2 Å². The number of carboxylic acid groups (broad SMARTS) is 1. The number of hydrogen-bond acceptors (Lipinski definition) is 7. The first-order chi connectivity index (χ1) is 17.8. The highest BCUT2D eigenvalue weighted by Gasteiger charge is 2.45. The maximum Gasteiger partial charge on any atom is 0.343 e. The Morgan fingerprint density at radius 1 is 0.676 bits per heavy atom. The van der Waals surface area contributed by atoms with Crippen LogP contribution in [-0.2, 0) is 19.0 Å². The molecule has 1 N–H and O–H groups in total. The summed E-state index contributed by atoms with van der Waals surface area (Å²) in [6.45, 7) is 1.40. The average molecular weight is 498 g/mol. The third kappa shape index (κ3) is 5.82. The lowest BCUT2D eigenvalue weighted by molar-refractivity contribution is -0.133. The fourth-order valence-electron chi connectivity index (χ4n) is 3.73. The van der Waals surface area contributed by atoms with Crippen molar-refractivity contribution in [1.29, 1.82) is 0 Å². The summed E-state index contributed by atoms with van der Waals surface area (Å²) in [6.07, 6.45) is 0.750. The number of ether oxygens (including phenoxy) is 3. The van der Waals surface area contributed by atoms with Crippen LogP contribution in [0.3, 0.4) is 0 Å². The summed E-state index contributed by atoms with van der Waals surface area (Å²) in [5.74, 6) is -4.38. The summed E-state index contributed by atoms with van der Waals surface area (Å²) < 4.78 is 16.9. The van der Waals surface area contributed by atoms with Crippen molar-refractivity contribution in [3.63, 3.8) is 0 Å². The molecular weight excluding hydrogens is 476 g/mol. The van der Waals surface area contributed by atoms with Gasteiger partial charge in [-0.2, -0.15) is 0 Å². The molecule has 4 rings (SSSR count). The summed E-state index contributed by atoms with van der Waals surface area (Å²) in [5, 5.41) is 9.76.